The van der Waals surface area contributed by atoms with Gasteiger partial charge in [-0.3, -0.25) is 9.59 Å². The maximum atomic E-state index is 12.4. The van der Waals surface area contributed by atoms with Crippen molar-refractivity contribution in [2.75, 3.05) is 0 Å². The first-order chi connectivity index (χ1) is 12.0. The van der Waals surface area contributed by atoms with E-state index < -0.39 is 0 Å². The van der Waals surface area contributed by atoms with Gasteiger partial charge >= 0.3 is 0 Å². The second-order valence-electron chi connectivity index (χ2n) is 6.33. The van der Waals surface area contributed by atoms with Crippen LogP contribution in [0.2, 0.25) is 0 Å². The maximum Gasteiger partial charge on any atom is 0.275 e. The van der Waals surface area contributed by atoms with Crippen LogP contribution in [0.4, 0.5) is 0 Å². The average Bonchev–Trinajstić information content (AvgIpc) is 2.60. The van der Waals surface area contributed by atoms with Crippen LogP contribution < -0.4 is 10.9 Å². The molecule has 5 heteroatoms. The molecule has 0 aliphatic heterocycles. The smallest absolute Gasteiger partial charge is 0.275 e. The van der Waals surface area contributed by atoms with E-state index in [9.17, 15) is 9.59 Å². The SMILES string of the molecule is Cc1ccc(C(C)NC(=O)Cn2ncc3ccccc3c2=O)cc1C. The van der Waals surface area contributed by atoms with E-state index in [1.54, 1.807) is 18.3 Å². The molecule has 3 rings (SSSR count). The Bertz CT molecular complexity index is 992. The summed E-state index contributed by atoms with van der Waals surface area (Å²) in [7, 11) is 0. The van der Waals surface area contributed by atoms with Crippen molar-refractivity contribution in [1.29, 1.82) is 0 Å². The maximum absolute atomic E-state index is 12.4. The zero-order valence-electron chi connectivity index (χ0n) is 14.6. The van der Waals surface area contributed by atoms with Gasteiger partial charge in [0, 0.05) is 5.39 Å². The molecular weight excluding hydrogens is 314 g/mol. The molecule has 5 nitrogen and oxygen atoms in total. The van der Waals surface area contributed by atoms with Gasteiger partial charge in [0.1, 0.15) is 6.54 Å². The van der Waals surface area contributed by atoms with Crippen LogP contribution in [0, 0.1) is 13.8 Å². The van der Waals surface area contributed by atoms with Crippen molar-refractivity contribution in [2.24, 2.45) is 0 Å². The molecule has 1 heterocycles. The molecule has 0 bridgehead atoms. The van der Waals surface area contributed by atoms with Crippen molar-refractivity contribution in [3.05, 3.63) is 75.7 Å². The summed E-state index contributed by atoms with van der Waals surface area (Å²) >= 11 is 0. The number of hydrogen-bond donors (Lipinski definition) is 1. The average molecular weight is 335 g/mol. The number of nitrogens with zero attached hydrogens (tertiary/aromatic N) is 2. The molecule has 1 N–H and O–H groups in total. The van der Waals surface area contributed by atoms with E-state index in [1.165, 1.54) is 15.8 Å². The molecule has 1 aromatic heterocycles. The Morgan fingerprint density at radius 2 is 1.92 bits per heavy atom. The predicted molar refractivity (Wildman–Crippen MR) is 98.5 cm³/mol. The topological polar surface area (TPSA) is 64.0 Å². The third-order valence-electron chi connectivity index (χ3n) is 4.46. The molecule has 3 aromatic rings. The number of amides is 1. The monoisotopic (exact) mass is 335 g/mol. The van der Waals surface area contributed by atoms with E-state index in [2.05, 4.69) is 23.4 Å². The Kier molecular flexibility index (Phi) is 4.65. The number of carbonyl (C=O) groups excluding carboxylic acids is 1. The molecule has 1 unspecified atom stereocenters. The summed E-state index contributed by atoms with van der Waals surface area (Å²) in [4.78, 5) is 24.7. The zero-order chi connectivity index (χ0) is 18.0. The Labute approximate surface area is 146 Å². The van der Waals surface area contributed by atoms with Gasteiger partial charge in [0.25, 0.3) is 5.56 Å². The van der Waals surface area contributed by atoms with Gasteiger partial charge in [-0.25, -0.2) is 4.68 Å². The molecule has 0 saturated heterocycles. The van der Waals surface area contributed by atoms with Crippen LogP contribution in [0.5, 0.6) is 0 Å². The Morgan fingerprint density at radius 3 is 2.68 bits per heavy atom. The fourth-order valence-electron chi connectivity index (χ4n) is 2.78. The quantitative estimate of drug-likeness (QED) is 0.797. The third-order valence-corrected chi connectivity index (χ3v) is 4.46. The molecule has 0 saturated carbocycles. The Balaban J connectivity index is 1.75. The summed E-state index contributed by atoms with van der Waals surface area (Å²) in [5.74, 6) is -0.240. The molecule has 0 spiro atoms. The van der Waals surface area contributed by atoms with E-state index in [4.69, 9.17) is 0 Å². The number of aromatic nitrogens is 2. The van der Waals surface area contributed by atoms with Crippen molar-refractivity contribution in [2.45, 2.75) is 33.4 Å². The highest BCUT2D eigenvalue weighted by Crippen LogP contribution is 2.16. The fraction of sp³-hybridized carbons (Fsp3) is 0.250. The number of rotatable bonds is 4. The van der Waals surface area contributed by atoms with Crippen LogP contribution in [-0.4, -0.2) is 15.7 Å². The first kappa shape index (κ1) is 16.9. The summed E-state index contributed by atoms with van der Waals surface area (Å²) in [6, 6.07) is 13.2. The van der Waals surface area contributed by atoms with Crippen molar-refractivity contribution < 1.29 is 4.79 Å². The van der Waals surface area contributed by atoms with E-state index in [0.717, 1.165) is 10.9 Å². The van der Waals surface area contributed by atoms with E-state index in [1.807, 2.05) is 38.1 Å². The van der Waals surface area contributed by atoms with Crippen LogP contribution in [0.3, 0.4) is 0 Å². The van der Waals surface area contributed by atoms with Gasteiger partial charge in [-0.15, -0.1) is 0 Å². The standard InChI is InChI=1S/C20H21N3O2/c1-13-8-9-16(10-14(13)2)15(3)22-19(24)12-23-20(25)18-7-5-4-6-17(18)11-21-23/h4-11,15H,12H2,1-3H3,(H,22,24). The van der Waals surface area contributed by atoms with Crippen LogP contribution in [-0.2, 0) is 11.3 Å². The lowest BCUT2D eigenvalue weighted by atomic mass is 10.0. The van der Waals surface area contributed by atoms with Gasteiger partial charge in [0.15, 0.2) is 0 Å². The van der Waals surface area contributed by atoms with Gasteiger partial charge in [-0.05, 0) is 43.5 Å². The molecule has 0 aliphatic rings. The fourth-order valence-corrected chi connectivity index (χ4v) is 2.78. The third kappa shape index (κ3) is 3.60. The highest BCUT2D eigenvalue weighted by atomic mass is 16.2. The Hall–Kier alpha value is -2.95. The minimum absolute atomic E-state index is 0.0984. The normalized spacial score (nSPS) is 12.1. The first-order valence-electron chi connectivity index (χ1n) is 8.27. The molecule has 1 atom stereocenters. The van der Waals surface area contributed by atoms with E-state index >= 15 is 0 Å². The minimum atomic E-state index is -0.257. The summed E-state index contributed by atoms with van der Waals surface area (Å²) in [6.07, 6.45) is 1.61. The highest BCUT2D eigenvalue weighted by Gasteiger charge is 2.13. The van der Waals surface area contributed by atoms with Crippen LogP contribution in [0.25, 0.3) is 10.8 Å². The molecule has 1 amide bonds. The largest absolute Gasteiger partial charge is 0.348 e. The number of benzene rings is 2. The van der Waals surface area contributed by atoms with Crippen molar-refractivity contribution >= 4 is 16.7 Å². The number of carbonyl (C=O) groups is 1. The van der Waals surface area contributed by atoms with Gasteiger partial charge in [-0.1, -0.05) is 36.4 Å². The second-order valence-corrected chi connectivity index (χ2v) is 6.33. The zero-order valence-corrected chi connectivity index (χ0v) is 14.6. The van der Waals surface area contributed by atoms with Gasteiger partial charge in [0.05, 0.1) is 17.6 Å². The second kappa shape index (κ2) is 6.89. The Morgan fingerprint density at radius 1 is 1.16 bits per heavy atom. The van der Waals surface area contributed by atoms with Gasteiger partial charge in [-0.2, -0.15) is 5.10 Å². The minimum Gasteiger partial charge on any atom is -0.348 e. The number of fused-ring (bicyclic) bond motifs is 1. The lowest BCUT2D eigenvalue weighted by molar-refractivity contribution is -0.122. The lowest BCUT2D eigenvalue weighted by Gasteiger charge is -2.16. The number of aryl methyl sites for hydroxylation is 2. The molecule has 0 radical (unpaired) electrons. The highest BCUT2D eigenvalue weighted by molar-refractivity contribution is 5.81. The van der Waals surface area contributed by atoms with E-state index in [-0.39, 0.29) is 24.1 Å². The van der Waals surface area contributed by atoms with Crippen LogP contribution in [0.1, 0.15) is 29.7 Å². The number of hydrogen-bond acceptors (Lipinski definition) is 3. The molecule has 2 aromatic carbocycles. The van der Waals surface area contributed by atoms with Gasteiger partial charge < -0.3 is 5.32 Å². The van der Waals surface area contributed by atoms with Crippen LogP contribution in [0.15, 0.2) is 53.5 Å². The predicted octanol–water partition coefficient (Wildman–Crippen LogP) is 2.89. The molecular formula is C20H21N3O2. The first-order valence-corrected chi connectivity index (χ1v) is 8.27. The van der Waals surface area contributed by atoms with E-state index in [0.29, 0.717) is 5.39 Å². The summed E-state index contributed by atoms with van der Waals surface area (Å²) in [5.41, 5.74) is 3.18. The van der Waals surface area contributed by atoms with Crippen LogP contribution >= 0.6 is 0 Å². The molecule has 0 aliphatic carbocycles. The van der Waals surface area contributed by atoms with Crippen molar-refractivity contribution in [1.82, 2.24) is 15.1 Å². The lowest BCUT2D eigenvalue weighted by Crippen LogP contribution is -2.35. The summed E-state index contributed by atoms with van der Waals surface area (Å²) < 4.78 is 1.20. The molecule has 0 fully saturated rings. The molecule has 128 valence electrons. The van der Waals surface area contributed by atoms with Crippen molar-refractivity contribution in [3.8, 4) is 0 Å². The summed E-state index contributed by atoms with van der Waals surface area (Å²) in [6.45, 7) is 5.93. The van der Waals surface area contributed by atoms with Crippen molar-refractivity contribution in [3.63, 3.8) is 0 Å². The van der Waals surface area contributed by atoms with Gasteiger partial charge in [0.2, 0.25) is 5.91 Å². The number of nitrogens with one attached hydrogen (secondary N) is 1. The summed E-state index contributed by atoms with van der Waals surface area (Å²) in [5, 5.41) is 8.36. The molecule has 25 heavy (non-hydrogen) atoms.